The van der Waals surface area contributed by atoms with Crippen molar-refractivity contribution in [1.82, 2.24) is 14.9 Å². The van der Waals surface area contributed by atoms with Gasteiger partial charge in [-0.3, -0.25) is 4.79 Å². The quantitative estimate of drug-likeness (QED) is 0.489. The molecule has 3 N–H and O–H groups in total. The number of carbonyl (C=O) groups is 1. The highest BCUT2D eigenvalue weighted by atomic mass is 16.6. The van der Waals surface area contributed by atoms with Crippen LogP contribution in [0.2, 0.25) is 0 Å². The molecule has 1 aromatic carbocycles. The summed E-state index contributed by atoms with van der Waals surface area (Å²) in [5.74, 6) is -0.331. The topological polar surface area (TPSA) is 106 Å². The molecule has 3 rings (SSSR count). The highest BCUT2D eigenvalue weighted by Gasteiger charge is 2.37. The molecule has 1 amide bonds. The molecule has 0 saturated carbocycles. The number of ether oxygens (including phenoxy) is 1. The molecule has 0 aliphatic carbocycles. The van der Waals surface area contributed by atoms with E-state index in [1.807, 2.05) is 10.6 Å². The minimum Gasteiger partial charge on any atom is -0.534 e. The number of rotatable bonds is 7. The van der Waals surface area contributed by atoms with Gasteiger partial charge in [-0.05, 0) is 18.9 Å². The van der Waals surface area contributed by atoms with Gasteiger partial charge in [0.2, 0.25) is 5.91 Å². The fourth-order valence-electron chi connectivity index (χ4n) is 2.94. The van der Waals surface area contributed by atoms with E-state index < -0.39 is 19.3 Å². The summed E-state index contributed by atoms with van der Waals surface area (Å²) in [6.45, 7) is 2.64. The van der Waals surface area contributed by atoms with Crippen LogP contribution in [0.25, 0.3) is 0 Å². The molecule has 0 spiro atoms. The summed E-state index contributed by atoms with van der Waals surface area (Å²) in [6.07, 6.45) is 4.64. The third-order valence-corrected chi connectivity index (χ3v) is 4.24. The number of benzene rings is 1. The van der Waals surface area contributed by atoms with Crippen molar-refractivity contribution in [2.75, 3.05) is 6.61 Å². The Kier molecular flexibility index (Phi) is 5.92. The number of para-hydroxylation sites is 1. The average molecular weight is 359 g/mol. The van der Waals surface area contributed by atoms with Gasteiger partial charge in [-0.1, -0.05) is 18.2 Å². The number of imidazole rings is 1. The van der Waals surface area contributed by atoms with Crippen LogP contribution in [0, 0.1) is 0 Å². The van der Waals surface area contributed by atoms with Crippen molar-refractivity contribution in [2.45, 2.75) is 38.5 Å². The van der Waals surface area contributed by atoms with Crippen molar-refractivity contribution in [3.05, 3.63) is 48.0 Å². The largest absolute Gasteiger partial charge is 0.547 e. The van der Waals surface area contributed by atoms with Gasteiger partial charge in [-0.25, -0.2) is 4.98 Å². The molecule has 0 saturated heterocycles. The van der Waals surface area contributed by atoms with Crippen LogP contribution in [0.4, 0.5) is 0 Å². The van der Waals surface area contributed by atoms with Gasteiger partial charge in [0.1, 0.15) is 5.75 Å². The van der Waals surface area contributed by atoms with Gasteiger partial charge in [0.15, 0.2) is 6.29 Å². The Bertz CT molecular complexity index is 740. The molecule has 9 heteroatoms. The zero-order valence-corrected chi connectivity index (χ0v) is 14.5. The first kappa shape index (κ1) is 18.4. The monoisotopic (exact) mass is 359 g/mol. The molecule has 2 atom stereocenters. The highest BCUT2D eigenvalue weighted by Crippen LogP contribution is 2.34. The van der Waals surface area contributed by atoms with Crippen LogP contribution >= 0.6 is 0 Å². The number of carbonyl (C=O) groups excluding carboxylic acids is 1. The van der Waals surface area contributed by atoms with E-state index >= 15 is 0 Å². The first-order valence-electron chi connectivity index (χ1n) is 8.59. The predicted octanol–water partition coefficient (Wildman–Crippen LogP) is 0.440. The molecule has 1 unspecified atom stereocenters. The number of aliphatic hydroxyl groups excluding tert-OH is 1. The Morgan fingerprint density at radius 2 is 2.42 bits per heavy atom. The number of hydrogen-bond acceptors (Lipinski definition) is 6. The molecule has 138 valence electrons. The summed E-state index contributed by atoms with van der Waals surface area (Å²) in [5.41, 5.74) is 1.26. The second kappa shape index (κ2) is 8.35. The van der Waals surface area contributed by atoms with Crippen LogP contribution in [0.1, 0.15) is 30.8 Å². The van der Waals surface area contributed by atoms with Crippen LogP contribution in [0.15, 0.2) is 36.9 Å². The molecule has 1 aliphatic rings. The number of fused-ring (bicyclic) bond motifs is 1. The third kappa shape index (κ3) is 4.24. The van der Waals surface area contributed by atoms with E-state index in [9.17, 15) is 14.9 Å². The van der Waals surface area contributed by atoms with Crippen LogP contribution in [0.5, 0.6) is 5.75 Å². The van der Waals surface area contributed by atoms with Crippen molar-refractivity contribution in [3.63, 3.8) is 0 Å². The Labute approximate surface area is 151 Å². The van der Waals surface area contributed by atoms with E-state index in [1.54, 1.807) is 37.8 Å². The number of aromatic nitrogens is 2. The van der Waals surface area contributed by atoms with Crippen molar-refractivity contribution in [2.24, 2.45) is 0 Å². The van der Waals surface area contributed by atoms with Crippen molar-refractivity contribution >= 4 is 13.0 Å². The molecule has 0 radical (unpaired) electrons. The van der Waals surface area contributed by atoms with Crippen molar-refractivity contribution in [3.8, 4) is 5.75 Å². The Balaban J connectivity index is 1.64. The van der Waals surface area contributed by atoms with Gasteiger partial charge in [0.25, 0.3) is 0 Å². The maximum atomic E-state index is 12.2. The predicted molar refractivity (Wildman–Crippen MR) is 94.1 cm³/mol. The summed E-state index contributed by atoms with van der Waals surface area (Å²) in [5, 5.41) is 23.2. The van der Waals surface area contributed by atoms with E-state index in [0.717, 1.165) is 5.56 Å². The molecular weight excluding hydrogens is 337 g/mol. The minimum atomic E-state index is -1.20. The molecule has 1 aromatic heterocycles. The Morgan fingerprint density at radius 1 is 1.58 bits per heavy atom. The standard InChI is InChI=1S/C17H22BN3O5/c1-2-25-17(23)13-5-3-4-12-10-14(18(24)26-16(12)13)20-15(22)6-8-21-9-7-19-11-21/h3-5,7,9,11,14,17,23-24H,2,6,8,10H2,1H3,(H,20,22)/t14-,17?/m0/s1. The summed E-state index contributed by atoms with van der Waals surface area (Å²) in [7, 11) is -1.20. The number of amides is 1. The summed E-state index contributed by atoms with van der Waals surface area (Å²) in [6, 6.07) is 5.32. The lowest BCUT2D eigenvalue weighted by Crippen LogP contribution is -2.53. The number of hydrogen-bond donors (Lipinski definition) is 3. The number of aliphatic hydroxyl groups is 1. The van der Waals surface area contributed by atoms with Crippen LogP contribution in [-0.2, 0) is 22.5 Å². The lowest BCUT2D eigenvalue weighted by Gasteiger charge is -2.30. The summed E-state index contributed by atoms with van der Waals surface area (Å²) < 4.78 is 12.6. The van der Waals surface area contributed by atoms with Crippen LogP contribution in [-0.4, -0.2) is 45.3 Å². The fourth-order valence-corrected chi connectivity index (χ4v) is 2.94. The second-order valence-electron chi connectivity index (χ2n) is 6.08. The van der Waals surface area contributed by atoms with Gasteiger partial charge in [0.05, 0.1) is 12.3 Å². The van der Waals surface area contributed by atoms with E-state index in [2.05, 4.69) is 10.3 Å². The molecule has 2 aromatic rings. The molecule has 2 heterocycles. The molecule has 1 aliphatic heterocycles. The number of nitrogens with zero attached hydrogens (tertiary/aromatic N) is 2. The molecule has 8 nitrogen and oxygen atoms in total. The van der Waals surface area contributed by atoms with Crippen molar-refractivity contribution in [1.29, 1.82) is 0 Å². The molecule has 0 fully saturated rings. The zero-order valence-electron chi connectivity index (χ0n) is 14.5. The second-order valence-corrected chi connectivity index (χ2v) is 6.08. The smallest absolute Gasteiger partial charge is 0.534 e. The van der Waals surface area contributed by atoms with Gasteiger partial charge < -0.3 is 29.4 Å². The lowest BCUT2D eigenvalue weighted by atomic mass is 9.72. The Morgan fingerprint density at radius 3 is 3.15 bits per heavy atom. The van der Waals surface area contributed by atoms with E-state index in [0.29, 0.717) is 30.9 Å². The van der Waals surface area contributed by atoms with Gasteiger partial charge in [-0.2, -0.15) is 0 Å². The number of nitrogens with one attached hydrogen (secondary N) is 1. The minimum absolute atomic E-state index is 0.180. The van der Waals surface area contributed by atoms with Crippen LogP contribution in [0.3, 0.4) is 0 Å². The van der Waals surface area contributed by atoms with Gasteiger partial charge in [-0.15, -0.1) is 0 Å². The summed E-state index contributed by atoms with van der Waals surface area (Å²) >= 11 is 0. The van der Waals surface area contributed by atoms with E-state index in [4.69, 9.17) is 9.39 Å². The fraction of sp³-hybridized carbons (Fsp3) is 0.412. The molecule has 26 heavy (non-hydrogen) atoms. The van der Waals surface area contributed by atoms with Crippen LogP contribution < -0.4 is 9.97 Å². The van der Waals surface area contributed by atoms with Gasteiger partial charge in [0, 0.05) is 37.5 Å². The highest BCUT2D eigenvalue weighted by molar-refractivity contribution is 6.46. The number of aryl methyl sites for hydroxylation is 1. The maximum absolute atomic E-state index is 12.2. The first-order valence-corrected chi connectivity index (χ1v) is 8.59. The van der Waals surface area contributed by atoms with Gasteiger partial charge >= 0.3 is 7.12 Å². The van der Waals surface area contributed by atoms with E-state index in [-0.39, 0.29) is 12.3 Å². The SMILES string of the molecule is CCOC(O)c1cccc2c1OB(O)[C@@H](NC(=O)CCn1ccnc1)C2. The third-order valence-electron chi connectivity index (χ3n) is 4.24. The molecular formula is C17H22BN3O5. The summed E-state index contributed by atoms with van der Waals surface area (Å²) in [4.78, 5) is 16.1. The van der Waals surface area contributed by atoms with Crippen molar-refractivity contribution < 1.29 is 24.3 Å². The Hall–Kier alpha value is -2.36. The lowest BCUT2D eigenvalue weighted by molar-refractivity contribution is -0.121. The maximum Gasteiger partial charge on any atom is 0.547 e. The molecule has 0 bridgehead atoms. The zero-order chi connectivity index (χ0) is 18.5. The normalized spacial score (nSPS) is 17.3. The first-order chi connectivity index (χ1) is 12.6. The average Bonchev–Trinajstić information content (AvgIpc) is 3.14. The van der Waals surface area contributed by atoms with E-state index in [1.165, 1.54) is 0 Å².